The third kappa shape index (κ3) is 4.64. The van der Waals surface area contributed by atoms with Gasteiger partial charge in [0, 0.05) is 16.6 Å². The molecule has 31 heavy (non-hydrogen) atoms. The second-order valence-electron chi connectivity index (χ2n) is 6.98. The molecule has 0 atom stereocenters. The number of benzene rings is 3. The number of hydrogen-bond acceptors (Lipinski definition) is 6. The normalized spacial score (nSPS) is 10.6. The lowest BCUT2D eigenvalue weighted by atomic mass is 10.1. The van der Waals surface area contributed by atoms with Crippen LogP contribution < -0.4 is 10.1 Å². The summed E-state index contributed by atoms with van der Waals surface area (Å²) in [6, 6.07) is 22.7. The highest BCUT2D eigenvalue weighted by molar-refractivity contribution is 5.93. The number of carbonyl (C=O) groups is 1. The van der Waals surface area contributed by atoms with Crippen LogP contribution in [-0.4, -0.2) is 29.7 Å². The van der Waals surface area contributed by atoms with Crippen molar-refractivity contribution in [2.75, 3.05) is 19.0 Å². The van der Waals surface area contributed by atoms with Crippen LogP contribution in [-0.2, 0) is 4.74 Å². The maximum atomic E-state index is 12.0. The minimum absolute atomic E-state index is 0.317. The van der Waals surface area contributed by atoms with Gasteiger partial charge in [0.15, 0.2) is 5.82 Å². The number of anilines is 2. The van der Waals surface area contributed by atoms with Crippen molar-refractivity contribution in [3.05, 3.63) is 78.4 Å². The molecular weight excluding hydrogens is 390 g/mol. The lowest BCUT2D eigenvalue weighted by Gasteiger charge is -2.12. The predicted octanol–water partition coefficient (Wildman–Crippen LogP) is 5.62. The van der Waals surface area contributed by atoms with Crippen molar-refractivity contribution in [3.63, 3.8) is 0 Å². The summed E-state index contributed by atoms with van der Waals surface area (Å²) in [6.07, 6.45) is 0.794. The van der Waals surface area contributed by atoms with Gasteiger partial charge in [-0.3, -0.25) is 0 Å². The number of methoxy groups -OCH3 is 1. The van der Waals surface area contributed by atoms with Gasteiger partial charge in [0.1, 0.15) is 11.6 Å². The number of nitrogens with zero attached hydrogens (tertiary/aromatic N) is 2. The first-order chi connectivity index (χ1) is 15.2. The molecule has 156 valence electrons. The summed E-state index contributed by atoms with van der Waals surface area (Å²) < 4.78 is 10.4. The van der Waals surface area contributed by atoms with Gasteiger partial charge in [0.05, 0.1) is 24.8 Å². The lowest BCUT2D eigenvalue weighted by Crippen LogP contribution is -2.06. The number of rotatable bonds is 7. The Hall–Kier alpha value is -3.93. The number of fused-ring (bicyclic) bond motifs is 1. The van der Waals surface area contributed by atoms with Crippen LogP contribution in [0.15, 0.2) is 72.8 Å². The van der Waals surface area contributed by atoms with E-state index in [9.17, 15) is 4.79 Å². The van der Waals surface area contributed by atoms with Crippen LogP contribution >= 0.6 is 0 Å². The Kier molecular flexibility index (Phi) is 6.08. The van der Waals surface area contributed by atoms with E-state index in [2.05, 4.69) is 5.32 Å². The molecule has 1 N–H and O–H groups in total. The molecule has 1 heterocycles. The second-order valence-corrected chi connectivity index (χ2v) is 6.98. The van der Waals surface area contributed by atoms with Crippen LogP contribution in [0, 0.1) is 0 Å². The van der Waals surface area contributed by atoms with Gasteiger partial charge in [-0.2, -0.15) is 0 Å². The summed E-state index contributed by atoms with van der Waals surface area (Å²) in [5, 5.41) is 4.27. The first kappa shape index (κ1) is 20.3. The van der Waals surface area contributed by atoms with E-state index < -0.39 is 0 Å². The molecule has 0 aliphatic carbocycles. The molecule has 0 fully saturated rings. The zero-order valence-corrected chi connectivity index (χ0v) is 17.5. The molecular formula is C25H23N3O3. The molecule has 0 unspecified atom stereocenters. The number of ether oxygens (including phenoxy) is 2. The van der Waals surface area contributed by atoms with Gasteiger partial charge in [0.25, 0.3) is 0 Å². The van der Waals surface area contributed by atoms with Crippen LogP contribution in [0.5, 0.6) is 5.75 Å². The quantitative estimate of drug-likeness (QED) is 0.397. The average Bonchev–Trinajstić information content (AvgIpc) is 2.83. The van der Waals surface area contributed by atoms with E-state index in [-0.39, 0.29) is 5.97 Å². The Balaban J connectivity index is 1.65. The summed E-state index contributed by atoms with van der Waals surface area (Å²) in [6.45, 7) is 2.38. The van der Waals surface area contributed by atoms with Gasteiger partial charge < -0.3 is 14.8 Å². The number of nitrogens with one attached hydrogen (secondary N) is 1. The predicted molar refractivity (Wildman–Crippen MR) is 122 cm³/mol. The van der Waals surface area contributed by atoms with Crippen molar-refractivity contribution in [1.82, 2.24) is 9.97 Å². The highest BCUT2D eigenvalue weighted by atomic mass is 16.5. The van der Waals surface area contributed by atoms with Gasteiger partial charge >= 0.3 is 5.97 Å². The third-order valence-electron chi connectivity index (χ3n) is 4.77. The molecule has 0 saturated carbocycles. The van der Waals surface area contributed by atoms with E-state index >= 15 is 0 Å². The zero-order valence-electron chi connectivity index (χ0n) is 17.5. The largest absolute Gasteiger partial charge is 0.497 e. The molecule has 0 aliphatic heterocycles. The van der Waals surface area contributed by atoms with Crippen LogP contribution in [0.2, 0.25) is 0 Å². The maximum Gasteiger partial charge on any atom is 0.338 e. The number of aromatic nitrogens is 2. The van der Waals surface area contributed by atoms with E-state index in [1.165, 1.54) is 0 Å². The summed E-state index contributed by atoms with van der Waals surface area (Å²) in [5.41, 5.74) is 3.07. The van der Waals surface area contributed by atoms with E-state index in [1.807, 2.05) is 67.6 Å². The Morgan fingerprint density at radius 3 is 2.39 bits per heavy atom. The first-order valence-corrected chi connectivity index (χ1v) is 10.1. The fourth-order valence-corrected chi connectivity index (χ4v) is 3.15. The molecule has 0 bridgehead atoms. The SMILES string of the molecule is CCCOC(=O)c1ccc(Nc2nc(-c3ccc(OC)cc3)nc3ccccc23)cc1. The Bertz CT molecular complexity index is 1190. The van der Waals surface area contributed by atoms with Gasteiger partial charge in [-0.15, -0.1) is 0 Å². The number of esters is 1. The fraction of sp³-hybridized carbons (Fsp3) is 0.160. The van der Waals surface area contributed by atoms with Crippen molar-refractivity contribution < 1.29 is 14.3 Å². The van der Waals surface area contributed by atoms with Crippen molar-refractivity contribution in [1.29, 1.82) is 0 Å². The summed E-state index contributed by atoms with van der Waals surface area (Å²) >= 11 is 0. The van der Waals surface area contributed by atoms with Gasteiger partial charge in [-0.25, -0.2) is 14.8 Å². The highest BCUT2D eigenvalue weighted by Gasteiger charge is 2.11. The number of hydrogen-bond donors (Lipinski definition) is 1. The topological polar surface area (TPSA) is 73.3 Å². The van der Waals surface area contributed by atoms with Crippen LogP contribution in [0.3, 0.4) is 0 Å². The molecule has 6 nitrogen and oxygen atoms in total. The van der Waals surface area contributed by atoms with Crippen molar-refractivity contribution in [2.45, 2.75) is 13.3 Å². The first-order valence-electron chi connectivity index (χ1n) is 10.1. The molecule has 1 aromatic heterocycles. The smallest absolute Gasteiger partial charge is 0.338 e. The van der Waals surface area contributed by atoms with Gasteiger partial charge in [-0.1, -0.05) is 19.1 Å². The molecule has 6 heteroatoms. The second kappa shape index (κ2) is 9.26. The molecule has 0 spiro atoms. The Labute approximate surface area is 180 Å². The van der Waals surface area contributed by atoms with Crippen LogP contribution in [0.1, 0.15) is 23.7 Å². The summed E-state index contributed by atoms with van der Waals surface area (Å²) in [7, 11) is 1.64. The molecule has 0 aliphatic rings. The van der Waals surface area contributed by atoms with Crippen molar-refractivity contribution >= 4 is 28.4 Å². The molecule has 0 saturated heterocycles. The van der Waals surface area contributed by atoms with Gasteiger partial charge in [-0.05, 0) is 67.1 Å². The maximum absolute atomic E-state index is 12.0. The van der Waals surface area contributed by atoms with Gasteiger partial charge in [0.2, 0.25) is 0 Å². The summed E-state index contributed by atoms with van der Waals surface area (Å²) in [4.78, 5) is 21.5. The molecule has 4 rings (SSSR count). The van der Waals surface area contributed by atoms with Crippen LogP contribution in [0.25, 0.3) is 22.3 Å². The summed E-state index contributed by atoms with van der Waals surface area (Å²) in [5.74, 6) is 1.77. The van der Waals surface area contributed by atoms with Crippen molar-refractivity contribution in [2.24, 2.45) is 0 Å². The number of para-hydroxylation sites is 1. The Morgan fingerprint density at radius 1 is 0.935 bits per heavy atom. The zero-order chi connectivity index (χ0) is 21.6. The van der Waals surface area contributed by atoms with E-state index in [4.69, 9.17) is 19.4 Å². The minimum Gasteiger partial charge on any atom is -0.497 e. The van der Waals surface area contributed by atoms with E-state index in [0.717, 1.165) is 34.3 Å². The van der Waals surface area contributed by atoms with E-state index in [0.29, 0.717) is 23.8 Å². The third-order valence-corrected chi connectivity index (χ3v) is 4.77. The average molecular weight is 413 g/mol. The molecule has 0 radical (unpaired) electrons. The van der Waals surface area contributed by atoms with E-state index in [1.54, 1.807) is 19.2 Å². The Morgan fingerprint density at radius 2 is 1.68 bits per heavy atom. The lowest BCUT2D eigenvalue weighted by molar-refractivity contribution is 0.0505. The van der Waals surface area contributed by atoms with Crippen LogP contribution in [0.4, 0.5) is 11.5 Å². The fourth-order valence-electron chi connectivity index (χ4n) is 3.15. The highest BCUT2D eigenvalue weighted by Crippen LogP contribution is 2.28. The monoisotopic (exact) mass is 413 g/mol. The number of carbonyl (C=O) groups excluding carboxylic acids is 1. The molecule has 3 aromatic carbocycles. The molecule has 0 amide bonds. The standard InChI is InChI=1S/C25H23N3O3/c1-3-16-31-25(29)18-8-12-19(13-9-18)26-24-21-6-4-5-7-22(21)27-23(28-24)17-10-14-20(30-2)15-11-17/h4-15H,3,16H2,1-2H3,(H,26,27,28). The minimum atomic E-state index is -0.317. The van der Waals surface area contributed by atoms with Crippen molar-refractivity contribution in [3.8, 4) is 17.1 Å². The molecule has 4 aromatic rings.